The standard InChI is InChI=1S/C12H11N3O/c13-9-7-3-1-5-14-10(7)11-8(12(9)16)4-2-6-15-11/h1-6,9,12,16H,13H2/t9-,12-/m1/s1. The monoisotopic (exact) mass is 213 g/mol. The molecular formula is C12H11N3O. The lowest BCUT2D eigenvalue weighted by atomic mass is 9.87. The molecule has 2 atom stereocenters. The summed E-state index contributed by atoms with van der Waals surface area (Å²) in [5, 5.41) is 10.1. The van der Waals surface area contributed by atoms with Gasteiger partial charge in [0.05, 0.1) is 17.4 Å². The van der Waals surface area contributed by atoms with Crippen molar-refractivity contribution in [2.24, 2.45) is 5.73 Å². The van der Waals surface area contributed by atoms with Gasteiger partial charge in [0.15, 0.2) is 0 Å². The second-order valence-electron chi connectivity index (χ2n) is 3.85. The predicted octanol–water partition coefficient (Wildman–Crippen LogP) is 1.19. The molecule has 3 rings (SSSR count). The Hall–Kier alpha value is -1.78. The maximum Gasteiger partial charge on any atom is 0.100 e. The second-order valence-corrected chi connectivity index (χ2v) is 3.85. The first-order chi connectivity index (χ1) is 7.79. The third kappa shape index (κ3) is 1.17. The van der Waals surface area contributed by atoms with Crippen LogP contribution < -0.4 is 5.73 Å². The van der Waals surface area contributed by atoms with E-state index in [9.17, 15) is 5.11 Å². The molecule has 0 unspecified atom stereocenters. The van der Waals surface area contributed by atoms with Crippen molar-refractivity contribution in [1.29, 1.82) is 0 Å². The van der Waals surface area contributed by atoms with E-state index in [1.807, 2.05) is 18.2 Å². The van der Waals surface area contributed by atoms with Gasteiger partial charge >= 0.3 is 0 Å². The molecule has 0 fully saturated rings. The minimum Gasteiger partial charge on any atom is -0.386 e. The molecule has 2 aromatic rings. The molecule has 2 aromatic heterocycles. The summed E-state index contributed by atoms with van der Waals surface area (Å²) in [4.78, 5) is 8.56. The van der Waals surface area contributed by atoms with Gasteiger partial charge in [-0.15, -0.1) is 0 Å². The summed E-state index contributed by atoms with van der Waals surface area (Å²) in [5.41, 5.74) is 9.09. The van der Waals surface area contributed by atoms with Gasteiger partial charge in [0.25, 0.3) is 0 Å². The van der Waals surface area contributed by atoms with Gasteiger partial charge in [0.1, 0.15) is 6.10 Å². The van der Waals surface area contributed by atoms with E-state index in [1.54, 1.807) is 18.5 Å². The highest BCUT2D eigenvalue weighted by molar-refractivity contribution is 5.67. The molecule has 0 aliphatic heterocycles. The number of pyridine rings is 2. The first kappa shape index (κ1) is 9.45. The summed E-state index contributed by atoms with van der Waals surface area (Å²) >= 11 is 0. The largest absolute Gasteiger partial charge is 0.386 e. The molecule has 0 amide bonds. The lowest BCUT2D eigenvalue weighted by Gasteiger charge is -2.27. The molecule has 0 aromatic carbocycles. The van der Waals surface area contributed by atoms with Crippen LogP contribution in [-0.2, 0) is 0 Å². The van der Waals surface area contributed by atoms with Crippen LogP contribution in [-0.4, -0.2) is 15.1 Å². The highest BCUT2D eigenvalue weighted by Gasteiger charge is 2.31. The molecule has 80 valence electrons. The van der Waals surface area contributed by atoms with Crippen LogP contribution in [0.1, 0.15) is 23.3 Å². The van der Waals surface area contributed by atoms with Gasteiger partial charge in [-0.25, -0.2) is 0 Å². The van der Waals surface area contributed by atoms with E-state index in [1.165, 1.54) is 0 Å². The van der Waals surface area contributed by atoms with Crippen molar-refractivity contribution in [2.45, 2.75) is 12.1 Å². The molecule has 4 heteroatoms. The third-order valence-electron chi connectivity index (χ3n) is 2.92. The van der Waals surface area contributed by atoms with Gasteiger partial charge in [-0.05, 0) is 17.7 Å². The third-order valence-corrected chi connectivity index (χ3v) is 2.92. The van der Waals surface area contributed by atoms with Crippen LogP contribution in [0, 0.1) is 0 Å². The van der Waals surface area contributed by atoms with Crippen molar-refractivity contribution in [3.05, 3.63) is 47.8 Å². The number of rotatable bonds is 0. The number of aromatic nitrogens is 2. The molecule has 1 aliphatic carbocycles. The molecule has 1 aliphatic rings. The van der Waals surface area contributed by atoms with E-state index in [2.05, 4.69) is 9.97 Å². The average molecular weight is 213 g/mol. The summed E-state index contributed by atoms with van der Waals surface area (Å²) in [6.45, 7) is 0. The average Bonchev–Trinajstić information content (AvgIpc) is 2.36. The molecule has 0 bridgehead atoms. The Labute approximate surface area is 92.8 Å². The Balaban J connectivity index is 2.33. The highest BCUT2D eigenvalue weighted by Crippen LogP contribution is 2.40. The molecule has 2 heterocycles. The Bertz CT molecular complexity index is 492. The minimum absolute atomic E-state index is 0.430. The van der Waals surface area contributed by atoms with E-state index < -0.39 is 12.1 Å². The molecular weight excluding hydrogens is 202 g/mol. The van der Waals surface area contributed by atoms with Crippen LogP contribution in [0.4, 0.5) is 0 Å². The number of hydrogen-bond donors (Lipinski definition) is 2. The number of aliphatic hydroxyl groups is 1. The Morgan fingerprint density at radius 3 is 2.25 bits per heavy atom. The smallest absolute Gasteiger partial charge is 0.100 e. The maximum atomic E-state index is 10.1. The van der Waals surface area contributed by atoms with Crippen molar-refractivity contribution in [3.8, 4) is 11.4 Å². The molecule has 0 spiro atoms. The Morgan fingerprint density at radius 2 is 1.56 bits per heavy atom. The molecule has 16 heavy (non-hydrogen) atoms. The number of nitrogens with two attached hydrogens (primary N) is 1. The van der Waals surface area contributed by atoms with Crippen molar-refractivity contribution < 1.29 is 5.11 Å². The van der Waals surface area contributed by atoms with Gasteiger partial charge < -0.3 is 10.8 Å². The molecule has 3 N–H and O–H groups in total. The number of hydrogen-bond acceptors (Lipinski definition) is 4. The summed E-state index contributed by atoms with van der Waals surface area (Å²) in [7, 11) is 0. The van der Waals surface area contributed by atoms with E-state index in [4.69, 9.17) is 5.73 Å². The fourth-order valence-corrected chi connectivity index (χ4v) is 2.10. The number of nitrogens with zero attached hydrogens (tertiary/aromatic N) is 2. The van der Waals surface area contributed by atoms with E-state index in [-0.39, 0.29) is 0 Å². The van der Waals surface area contributed by atoms with Crippen molar-refractivity contribution in [3.63, 3.8) is 0 Å². The van der Waals surface area contributed by atoms with Gasteiger partial charge in [-0.1, -0.05) is 12.1 Å². The van der Waals surface area contributed by atoms with Crippen LogP contribution in [0.5, 0.6) is 0 Å². The molecule has 0 saturated carbocycles. The molecule has 4 nitrogen and oxygen atoms in total. The Kier molecular flexibility index (Phi) is 1.99. The molecule has 0 saturated heterocycles. The summed E-state index contributed by atoms with van der Waals surface area (Å²) in [6.07, 6.45) is 2.70. The number of fused-ring (bicyclic) bond motifs is 3. The predicted molar refractivity (Wildman–Crippen MR) is 59.4 cm³/mol. The van der Waals surface area contributed by atoms with Crippen LogP contribution in [0.3, 0.4) is 0 Å². The van der Waals surface area contributed by atoms with E-state index >= 15 is 0 Å². The van der Waals surface area contributed by atoms with Crippen LogP contribution >= 0.6 is 0 Å². The fourth-order valence-electron chi connectivity index (χ4n) is 2.10. The van der Waals surface area contributed by atoms with Gasteiger partial charge in [0.2, 0.25) is 0 Å². The van der Waals surface area contributed by atoms with E-state index in [0.29, 0.717) is 0 Å². The second kappa shape index (κ2) is 3.37. The van der Waals surface area contributed by atoms with Crippen molar-refractivity contribution in [1.82, 2.24) is 9.97 Å². The Morgan fingerprint density at radius 1 is 1.00 bits per heavy atom. The quantitative estimate of drug-likeness (QED) is 0.689. The SMILES string of the molecule is N[C@@H]1c2cccnc2-c2ncccc2[C@H]1O. The summed E-state index contributed by atoms with van der Waals surface area (Å²) < 4.78 is 0. The zero-order valence-corrected chi connectivity index (χ0v) is 8.54. The zero-order valence-electron chi connectivity index (χ0n) is 8.54. The first-order valence-corrected chi connectivity index (χ1v) is 5.13. The normalized spacial score (nSPS) is 22.4. The first-order valence-electron chi connectivity index (χ1n) is 5.13. The topological polar surface area (TPSA) is 72.0 Å². The zero-order chi connectivity index (χ0) is 11.1. The van der Waals surface area contributed by atoms with Crippen LogP contribution in [0.15, 0.2) is 36.7 Å². The van der Waals surface area contributed by atoms with Gasteiger partial charge in [0, 0.05) is 18.0 Å². The van der Waals surface area contributed by atoms with E-state index in [0.717, 1.165) is 22.5 Å². The van der Waals surface area contributed by atoms with Gasteiger partial charge in [-0.3, -0.25) is 9.97 Å². The van der Waals surface area contributed by atoms with Gasteiger partial charge in [-0.2, -0.15) is 0 Å². The highest BCUT2D eigenvalue weighted by atomic mass is 16.3. The van der Waals surface area contributed by atoms with Crippen LogP contribution in [0.2, 0.25) is 0 Å². The molecule has 0 radical (unpaired) electrons. The summed E-state index contributed by atoms with van der Waals surface area (Å²) in [5.74, 6) is 0. The van der Waals surface area contributed by atoms with Crippen molar-refractivity contribution in [2.75, 3.05) is 0 Å². The lowest BCUT2D eigenvalue weighted by Crippen LogP contribution is -2.25. The lowest BCUT2D eigenvalue weighted by molar-refractivity contribution is 0.145. The van der Waals surface area contributed by atoms with Crippen LogP contribution in [0.25, 0.3) is 11.4 Å². The fraction of sp³-hybridized carbons (Fsp3) is 0.167. The minimum atomic E-state index is -0.708. The number of aliphatic hydroxyl groups excluding tert-OH is 1. The summed E-state index contributed by atoms with van der Waals surface area (Å²) in [6, 6.07) is 6.90. The van der Waals surface area contributed by atoms with Crippen molar-refractivity contribution >= 4 is 0 Å². The maximum absolute atomic E-state index is 10.1.